The first-order valence-corrected chi connectivity index (χ1v) is 2.96. The number of fused-ring (bicyclic) bond motifs is 1. The van der Waals surface area contributed by atoms with Crippen molar-refractivity contribution in [2.75, 3.05) is 12.5 Å². The van der Waals surface area contributed by atoms with E-state index in [1.165, 1.54) is 0 Å². The van der Waals surface area contributed by atoms with E-state index < -0.39 is 0 Å². The zero-order valence-electron chi connectivity index (χ0n) is 5.52. The van der Waals surface area contributed by atoms with E-state index in [9.17, 15) is 0 Å². The van der Waals surface area contributed by atoms with Crippen LogP contribution >= 0.6 is 0 Å². The molecular formula is C5H7N5. The third-order valence-electron chi connectivity index (χ3n) is 1.34. The maximum atomic E-state index is 4.05. The maximum absolute atomic E-state index is 4.05. The molecule has 2 heterocycles. The quantitative estimate of drug-likeness (QED) is 0.587. The molecule has 0 saturated carbocycles. The van der Waals surface area contributed by atoms with E-state index in [-0.39, 0.29) is 0 Å². The Morgan fingerprint density at radius 1 is 1.60 bits per heavy atom. The van der Waals surface area contributed by atoms with Gasteiger partial charge in [-0.2, -0.15) is 0 Å². The fourth-order valence-corrected chi connectivity index (χ4v) is 0.876. The fraction of sp³-hybridized carbons (Fsp3) is 0.200. The summed E-state index contributed by atoms with van der Waals surface area (Å²) in [5, 5.41) is 3.98. The number of nitrogens with zero attached hydrogens (tertiary/aromatic N) is 4. The minimum Gasteiger partial charge on any atom is -0.310 e. The highest BCUT2D eigenvalue weighted by atomic mass is 15.6. The van der Waals surface area contributed by atoms with Crippen molar-refractivity contribution in [3.8, 4) is 0 Å². The molecule has 2 aromatic rings. The van der Waals surface area contributed by atoms with E-state index in [4.69, 9.17) is 0 Å². The molecule has 0 saturated heterocycles. The second-order valence-corrected chi connectivity index (χ2v) is 1.90. The summed E-state index contributed by atoms with van der Waals surface area (Å²) in [7, 11) is 1.79. The molecule has 2 aromatic heterocycles. The summed E-state index contributed by atoms with van der Waals surface area (Å²) in [6.07, 6.45) is 5.26. The van der Waals surface area contributed by atoms with E-state index >= 15 is 0 Å². The molecule has 2 rings (SSSR count). The topological polar surface area (TPSA) is 47.2 Å². The van der Waals surface area contributed by atoms with Gasteiger partial charge in [-0.05, 0) is 0 Å². The summed E-state index contributed by atoms with van der Waals surface area (Å²) >= 11 is 0. The first-order valence-electron chi connectivity index (χ1n) is 2.96. The van der Waals surface area contributed by atoms with Crippen LogP contribution in [0.2, 0.25) is 0 Å². The van der Waals surface area contributed by atoms with E-state index in [1.807, 2.05) is 10.6 Å². The van der Waals surface area contributed by atoms with Gasteiger partial charge in [-0.3, -0.25) is 4.40 Å². The lowest BCUT2D eigenvalue weighted by molar-refractivity contribution is 0.800. The third kappa shape index (κ3) is 0.513. The number of aromatic nitrogens is 4. The Kier molecular flexibility index (Phi) is 0.913. The molecule has 0 radical (unpaired) electrons. The SMILES string of the molecule is CNn1ncn2ccnc12. The molecule has 0 fully saturated rings. The first-order chi connectivity index (χ1) is 4.92. The van der Waals surface area contributed by atoms with Gasteiger partial charge in [0.2, 0.25) is 0 Å². The van der Waals surface area contributed by atoms with Crippen LogP contribution in [0.15, 0.2) is 18.7 Å². The minimum atomic E-state index is 0.794. The Morgan fingerprint density at radius 2 is 2.50 bits per heavy atom. The van der Waals surface area contributed by atoms with Crippen molar-refractivity contribution in [3.05, 3.63) is 18.7 Å². The second-order valence-electron chi connectivity index (χ2n) is 1.90. The summed E-state index contributed by atoms with van der Waals surface area (Å²) in [4.78, 5) is 5.65. The summed E-state index contributed by atoms with van der Waals surface area (Å²) in [6, 6.07) is 0. The van der Waals surface area contributed by atoms with Gasteiger partial charge < -0.3 is 5.43 Å². The number of hydrogen-bond donors (Lipinski definition) is 1. The van der Waals surface area contributed by atoms with E-state index in [0.29, 0.717) is 0 Å². The maximum Gasteiger partial charge on any atom is 0.251 e. The standard InChI is InChI=1S/C5H7N5/c1-6-10-5-7-2-3-9(5)4-8-10/h2-4,6H,1H3. The van der Waals surface area contributed by atoms with Gasteiger partial charge in [0.25, 0.3) is 5.78 Å². The second kappa shape index (κ2) is 1.73. The first kappa shape index (κ1) is 5.28. The van der Waals surface area contributed by atoms with Gasteiger partial charge >= 0.3 is 0 Å². The Labute approximate surface area is 57.3 Å². The predicted octanol–water partition coefficient (Wildman–Crippen LogP) is -0.296. The van der Waals surface area contributed by atoms with E-state index in [0.717, 1.165) is 5.78 Å². The molecule has 10 heavy (non-hydrogen) atoms. The summed E-state index contributed by atoms with van der Waals surface area (Å²) in [6.45, 7) is 0. The minimum absolute atomic E-state index is 0.794. The average Bonchev–Trinajstić information content (AvgIpc) is 2.44. The van der Waals surface area contributed by atoms with Crippen LogP contribution in [-0.2, 0) is 0 Å². The highest BCUT2D eigenvalue weighted by molar-refractivity contribution is 5.27. The molecule has 0 unspecified atom stereocenters. The van der Waals surface area contributed by atoms with Crippen molar-refractivity contribution in [2.45, 2.75) is 0 Å². The van der Waals surface area contributed by atoms with Crippen LogP contribution in [0.1, 0.15) is 0 Å². The van der Waals surface area contributed by atoms with Crippen molar-refractivity contribution >= 4 is 5.78 Å². The lowest BCUT2D eigenvalue weighted by atomic mass is 10.9. The van der Waals surface area contributed by atoms with Gasteiger partial charge in [0.15, 0.2) is 0 Å². The summed E-state index contributed by atoms with van der Waals surface area (Å²) < 4.78 is 1.83. The molecule has 0 aliphatic heterocycles. The molecule has 0 amide bonds. The molecule has 0 bridgehead atoms. The Morgan fingerprint density at radius 3 is 3.30 bits per heavy atom. The van der Waals surface area contributed by atoms with Gasteiger partial charge in [0.1, 0.15) is 6.33 Å². The van der Waals surface area contributed by atoms with Crippen molar-refractivity contribution in [3.63, 3.8) is 0 Å². The van der Waals surface area contributed by atoms with Crippen LogP contribution in [0.5, 0.6) is 0 Å². The zero-order valence-corrected chi connectivity index (χ0v) is 5.52. The largest absolute Gasteiger partial charge is 0.310 e. The molecule has 0 aliphatic carbocycles. The van der Waals surface area contributed by atoms with Crippen LogP contribution in [0.4, 0.5) is 0 Å². The molecule has 0 spiro atoms. The molecular weight excluding hydrogens is 130 g/mol. The number of hydrogen-bond acceptors (Lipinski definition) is 3. The Bertz CT molecular complexity index is 332. The molecule has 5 heteroatoms. The van der Waals surface area contributed by atoms with Gasteiger partial charge in [-0.1, -0.05) is 0 Å². The van der Waals surface area contributed by atoms with Crippen molar-refractivity contribution in [1.29, 1.82) is 0 Å². The molecule has 1 N–H and O–H groups in total. The van der Waals surface area contributed by atoms with Crippen LogP contribution in [-0.4, -0.2) is 26.3 Å². The predicted molar refractivity (Wildman–Crippen MR) is 36.3 cm³/mol. The van der Waals surface area contributed by atoms with Gasteiger partial charge in [0.05, 0.1) is 0 Å². The Balaban J connectivity index is 2.76. The van der Waals surface area contributed by atoms with Crippen molar-refractivity contribution in [2.24, 2.45) is 0 Å². The molecule has 5 nitrogen and oxygen atoms in total. The summed E-state index contributed by atoms with van der Waals surface area (Å²) in [5.74, 6) is 0.794. The van der Waals surface area contributed by atoms with Crippen LogP contribution in [0.25, 0.3) is 5.78 Å². The number of rotatable bonds is 1. The number of imidazole rings is 1. The van der Waals surface area contributed by atoms with E-state index in [2.05, 4.69) is 15.5 Å². The smallest absolute Gasteiger partial charge is 0.251 e. The van der Waals surface area contributed by atoms with Crippen LogP contribution in [0.3, 0.4) is 0 Å². The van der Waals surface area contributed by atoms with Gasteiger partial charge in [-0.15, -0.1) is 9.89 Å². The lowest BCUT2D eigenvalue weighted by Crippen LogP contribution is -2.10. The average molecular weight is 137 g/mol. The third-order valence-corrected chi connectivity index (χ3v) is 1.34. The highest BCUT2D eigenvalue weighted by Crippen LogP contribution is 1.94. The van der Waals surface area contributed by atoms with Gasteiger partial charge in [-0.25, -0.2) is 4.98 Å². The Hall–Kier alpha value is -1.52. The van der Waals surface area contributed by atoms with Crippen LogP contribution in [0, 0.1) is 0 Å². The lowest BCUT2D eigenvalue weighted by Gasteiger charge is -1.94. The number of nitrogens with one attached hydrogen (secondary N) is 1. The molecule has 0 aliphatic rings. The molecule has 52 valence electrons. The van der Waals surface area contributed by atoms with Crippen molar-refractivity contribution in [1.82, 2.24) is 19.3 Å². The van der Waals surface area contributed by atoms with E-state index in [1.54, 1.807) is 24.4 Å². The monoisotopic (exact) mass is 137 g/mol. The normalized spacial score (nSPS) is 10.5. The van der Waals surface area contributed by atoms with Crippen LogP contribution < -0.4 is 5.43 Å². The molecule has 0 aromatic carbocycles. The van der Waals surface area contributed by atoms with Gasteiger partial charge in [0, 0.05) is 19.4 Å². The fourth-order valence-electron chi connectivity index (χ4n) is 0.876. The zero-order chi connectivity index (χ0) is 6.97. The van der Waals surface area contributed by atoms with Crippen molar-refractivity contribution < 1.29 is 0 Å². The highest BCUT2D eigenvalue weighted by Gasteiger charge is 1.98. The summed E-state index contributed by atoms with van der Waals surface area (Å²) in [5.41, 5.74) is 2.86. The molecule has 0 atom stereocenters.